The number of benzene rings is 2. The van der Waals surface area contributed by atoms with Crippen molar-refractivity contribution >= 4 is 35.1 Å². The zero-order valence-electron chi connectivity index (χ0n) is 24.9. The Labute approximate surface area is 259 Å². The maximum Gasteiger partial charge on any atom is 0.534 e. The van der Waals surface area contributed by atoms with Gasteiger partial charge in [-0.05, 0) is 60.0 Å². The number of halogens is 3. The van der Waals surface area contributed by atoms with Crippen LogP contribution >= 0.6 is 0 Å². The summed E-state index contributed by atoms with van der Waals surface area (Å²) in [7, 11) is -7.09. The number of alkyl halides is 3. The number of carboxylic acid groups (broad SMARTS) is 1. The number of hydrogen-bond donors (Lipinski definition) is 1. The van der Waals surface area contributed by atoms with Crippen molar-refractivity contribution in [2.75, 3.05) is 13.2 Å². The first-order valence-corrected chi connectivity index (χ1v) is 19.4. The fraction of sp³-hybridized carbons (Fsp3) is 0.367. The van der Waals surface area contributed by atoms with Gasteiger partial charge in [-0.15, -0.1) is 0 Å². The molecule has 0 saturated carbocycles. The van der Waals surface area contributed by atoms with E-state index >= 15 is 0 Å². The van der Waals surface area contributed by atoms with Gasteiger partial charge in [-0.3, -0.25) is 9.88 Å². The third-order valence-electron chi connectivity index (χ3n) is 7.56. The predicted molar refractivity (Wildman–Crippen MR) is 165 cm³/mol. The lowest BCUT2D eigenvalue weighted by Crippen LogP contribution is -2.31. The van der Waals surface area contributed by atoms with Gasteiger partial charge in [0.1, 0.15) is 18.3 Å². The van der Waals surface area contributed by atoms with Gasteiger partial charge in [0.2, 0.25) is 0 Å². The number of aromatic nitrogens is 3. The molecule has 0 unspecified atom stereocenters. The summed E-state index contributed by atoms with van der Waals surface area (Å²) >= 11 is 0. The summed E-state index contributed by atoms with van der Waals surface area (Å²) < 4.78 is 73.1. The first-order valence-electron chi connectivity index (χ1n) is 14.3. The van der Waals surface area contributed by atoms with Gasteiger partial charge in [0.05, 0.1) is 23.6 Å². The van der Waals surface area contributed by atoms with Crippen LogP contribution in [-0.4, -0.2) is 65.8 Å². The molecule has 1 atom stereocenters. The lowest BCUT2D eigenvalue weighted by molar-refractivity contribution is -0.0500. The summed E-state index contributed by atoms with van der Waals surface area (Å²) in [6, 6.07) is 13.3. The second-order valence-electron chi connectivity index (χ2n) is 12.1. The van der Waals surface area contributed by atoms with Gasteiger partial charge in [-0.2, -0.15) is 21.6 Å². The summed E-state index contributed by atoms with van der Waals surface area (Å²) in [6.07, 6.45) is 3.84. The average Bonchev–Trinajstić information content (AvgIpc) is 3.61. The standard InChI is InChI=1S/C30H33F3N4O6SSi/c1-45(2,3)14-13-42-19-37-27(18-35-28(37)26-5-4-12-36(26)29(38)39)23-9-11-25(34-17-23)22-7-6-21-16-24(10-8-20(21)15-22)43-44(40,41)30(31,32)33/h6-11,15-18,26H,4-5,12-14,19H2,1-3H3,(H,38,39)/t26-/m0/s1. The molecule has 45 heavy (non-hydrogen) atoms. The molecule has 0 radical (unpaired) electrons. The monoisotopic (exact) mass is 662 g/mol. The van der Waals surface area contributed by atoms with E-state index in [0.29, 0.717) is 41.9 Å². The van der Waals surface area contributed by atoms with E-state index in [2.05, 4.69) is 33.8 Å². The Balaban J connectivity index is 1.40. The number of rotatable bonds is 10. The van der Waals surface area contributed by atoms with Crippen LogP contribution in [0.15, 0.2) is 60.9 Å². The Hall–Kier alpha value is -3.95. The number of fused-ring (bicyclic) bond motifs is 1. The van der Waals surface area contributed by atoms with Crippen LogP contribution in [0.2, 0.25) is 25.7 Å². The van der Waals surface area contributed by atoms with Crippen molar-refractivity contribution in [3.63, 3.8) is 0 Å². The molecule has 1 amide bonds. The van der Waals surface area contributed by atoms with Crippen LogP contribution in [0, 0.1) is 0 Å². The van der Waals surface area contributed by atoms with Crippen LogP contribution in [0.3, 0.4) is 0 Å². The van der Waals surface area contributed by atoms with Gasteiger partial charge in [-0.1, -0.05) is 37.8 Å². The van der Waals surface area contributed by atoms with E-state index in [9.17, 15) is 31.5 Å². The number of ether oxygens (including phenoxy) is 1. The second-order valence-corrected chi connectivity index (χ2v) is 19.2. The van der Waals surface area contributed by atoms with Crippen LogP contribution in [0.4, 0.5) is 18.0 Å². The molecule has 1 aliphatic rings. The van der Waals surface area contributed by atoms with Gasteiger partial charge in [-0.25, -0.2) is 9.78 Å². The highest BCUT2D eigenvalue weighted by atomic mass is 32.2. The van der Waals surface area contributed by atoms with E-state index in [4.69, 9.17) is 4.74 Å². The van der Waals surface area contributed by atoms with E-state index in [1.807, 2.05) is 16.7 Å². The largest absolute Gasteiger partial charge is 0.534 e. The second kappa shape index (κ2) is 12.4. The first kappa shape index (κ1) is 32.4. The van der Waals surface area contributed by atoms with E-state index in [-0.39, 0.29) is 12.8 Å². The maximum absolute atomic E-state index is 12.7. The van der Waals surface area contributed by atoms with Crippen molar-refractivity contribution in [3.8, 4) is 28.3 Å². The minimum Gasteiger partial charge on any atom is -0.465 e. The van der Waals surface area contributed by atoms with Crippen molar-refractivity contribution in [1.82, 2.24) is 19.4 Å². The van der Waals surface area contributed by atoms with E-state index in [1.165, 1.54) is 17.0 Å². The summed E-state index contributed by atoms with van der Waals surface area (Å²) in [5.41, 5.74) is -2.66. The summed E-state index contributed by atoms with van der Waals surface area (Å²) in [6.45, 7) is 8.07. The van der Waals surface area contributed by atoms with Crippen molar-refractivity contribution < 1.29 is 40.4 Å². The molecule has 2 aromatic carbocycles. The van der Waals surface area contributed by atoms with Crippen molar-refractivity contribution in [1.29, 1.82) is 0 Å². The average molecular weight is 663 g/mol. The van der Waals surface area contributed by atoms with Crippen LogP contribution < -0.4 is 4.18 Å². The van der Waals surface area contributed by atoms with Gasteiger partial charge >= 0.3 is 21.7 Å². The number of carbonyl (C=O) groups is 1. The molecule has 240 valence electrons. The first-order chi connectivity index (χ1) is 21.1. The number of likely N-dealkylation sites (tertiary alicyclic amines) is 1. The Bertz CT molecular complexity index is 1810. The summed E-state index contributed by atoms with van der Waals surface area (Å²) in [4.78, 5) is 22.6. The molecular formula is C30H33F3N4O6SSi. The fourth-order valence-electron chi connectivity index (χ4n) is 5.15. The zero-order valence-corrected chi connectivity index (χ0v) is 26.7. The molecule has 15 heteroatoms. The number of amides is 1. The highest BCUT2D eigenvalue weighted by Gasteiger charge is 2.48. The Kier molecular flexibility index (Phi) is 8.97. The summed E-state index contributed by atoms with van der Waals surface area (Å²) in [5, 5.41) is 10.9. The molecule has 3 heterocycles. The van der Waals surface area contributed by atoms with Gasteiger partial charge in [0, 0.05) is 38.5 Å². The third kappa shape index (κ3) is 7.31. The normalized spacial score (nSPS) is 16.0. The molecule has 0 aliphatic carbocycles. The number of nitrogens with zero attached hydrogens (tertiary/aromatic N) is 4. The molecule has 4 aromatic rings. The van der Waals surface area contributed by atoms with Gasteiger partial charge in [0.15, 0.2) is 0 Å². The maximum atomic E-state index is 12.7. The van der Waals surface area contributed by atoms with E-state index in [1.54, 1.807) is 30.6 Å². The molecule has 1 aliphatic heterocycles. The number of hydrogen-bond acceptors (Lipinski definition) is 7. The van der Waals surface area contributed by atoms with Crippen molar-refractivity contribution in [2.24, 2.45) is 0 Å². The van der Waals surface area contributed by atoms with Gasteiger partial charge < -0.3 is 18.6 Å². The van der Waals surface area contributed by atoms with Crippen molar-refractivity contribution in [2.45, 2.75) is 56.8 Å². The molecule has 1 N–H and O–H groups in total. The van der Waals surface area contributed by atoms with E-state index < -0.39 is 35.5 Å². The highest BCUT2D eigenvalue weighted by Crippen LogP contribution is 2.35. The molecule has 2 aromatic heterocycles. The fourth-order valence-corrected chi connectivity index (χ4v) is 6.35. The van der Waals surface area contributed by atoms with Crippen LogP contribution in [0.25, 0.3) is 33.3 Å². The molecule has 1 fully saturated rings. The number of imidazole rings is 1. The topological polar surface area (TPSA) is 124 Å². The third-order valence-corrected chi connectivity index (χ3v) is 10.2. The molecule has 5 rings (SSSR count). The van der Waals surface area contributed by atoms with Gasteiger partial charge in [0.25, 0.3) is 0 Å². The Morgan fingerprint density at radius 1 is 1.02 bits per heavy atom. The molecule has 10 nitrogen and oxygen atoms in total. The highest BCUT2D eigenvalue weighted by molar-refractivity contribution is 7.88. The quantitative estimate of drug-likeness (QED) is 0.0824. The SMILES string of the molecule is C[Si](C)(C)CCOCn1c(-c2ccc(-c3ccc4cc(OS(=O)(=O)C(F)(F)F)ccc4c3)nc2)cnc1[C@@H]1CCCN1C(=O)O. The van der Waals surface area contributed by atoms with Crippen molar-refractivity contribution in [3.05, 3.63) is 66.7 Å². The minimum atomic E-state index is -5.77. The van der Waals surface area contributed by atoms with Crippen LogP contribution in [0.5, 0.6) is 5.75 Å². The van der Waals surface area contributed by atoms with Crippen LogP contribution in [0.1, 0.15) is 24.7 Å². The Morgan fingerprint density at radius 2 is 1.73 bits per heavy atom. The molecule has 0 spiro atoms. The smallest absolute Gasteiger partial charge is 0.465 e. The molecule has 0 bridgehead atoms. The Morgan fingerprint density at radius 3 is 2.40 bits per heavy atom. The molecule has 1 saturated heterocycles. The predicted octanol–water partition coefficient (Wildman–Crippen LogP) is 7.12. The van der Waals surface area contributed by atoms with Crippen LogP contribution in [-0.2, 0) is 21.6 Å². The molecular weight excluding hydrogens is 629 g/mol. The zero-order chi connectivity index (χ0) is 32.6. The minimum absolute atomic E-state index is 0.224. The summed E-state index contributed by atoms with van der Waals surface area (Å²) in [5.74, 6) is 0.183. The lowest BCUT2D eigenvalue weighted by atomic mass is 10.0. The number of pyridine rings is 1. The lowest BCUT2D eigenvalue weighted by Gasteiger charge is -2.23. The van der Waals surface area contributed by atoms with E-state index in [0.717, 1.165) is 35.4 Å².